The summed E-state index contributed by atoms with van der Waals surface area (Å²) in [6.45, 7) is 5.24. The number of anilines is 1. The van der Waals surface area contributed by atoms with Crippen molar-refractivity contribution in [2.75, 3.05) is 11.9 Å². The molecule has 24 heavy (non-hydrogen) atoms. The highest BCUT2D eigenvalue weighted by molar-refractivity contribution is 8.01. The fourth-order valence-corrected chi connectivity index (χ4v) is 4.68. The number of aryl methyl sites for hydroxylation is 1. The van der Waals surface area contributed by atoms with Crippen molar-refractivity contribution in [3.8, 4) is 0 Å². The van der Waals surface area contributed by atoms with Crippen molar-refractivity contribution < 1.29 is 0 Å². The minimum atomic E-state index is 0.222. The van der Waals surface area contributed by atoms with Crippen LogP contribution in [0.2, 0.25) is 0 Å². The van der Waals surface area contributed by atoms with Gasteiger partial charge in [-0.2, -0.15) is 0 Å². The van der Waals surface area contributed by atoms with Crippen LogP contribution >= 0.6 is 23.1 Å². The summed E-state index contributed by atoms with van der Waals surface area (Å²) in [5.74, 6) is 0. The minimum absolute atomic E-state index is 0.222. The molecule has 0 saturated carbocycles. The lowest BCUT2D eigenvalue weighted by Gasteiger charge is -2.18. The molecule has 124 valence electrons. The van der Waals surface area contributed by atoms with Gasteiger partial charge in [0, 0.05) is 6.54 Å². The van der Waals surface area contributed by atoms with Crippen molar-refractivity contribution in [3.63, 3.8) is 0 Å². The van der Waals surface area contributed by atoms with Gasteiger partial charge in [0.1, 0.15) is 0 Å². The Morgan fingerprint density at radius 2 is 1.79 bits per heavy atom. The Hall–Kier alpha value is -1.85. The Balaban J connectivity index is 1.88. The molecule has 2 aromatic carbocycles. The molecule has 0 aliphatic rings. The summed E-state index contributed by atoms with van der Waals surface area (Å²) in [5.41, 5.74) is 3.91. The Morgan fingerprint density at radius 3 is 2.54 bits per heavy atom. The molecule has 3 nitrogen and oxygen atoms in total. The average Bonchev–Trinajstić information content (AvgIpc) is 3.07. The zero-order valence-electron chi connectivity index (χ0n) is 13.9. The maximum absolute atomic E-state index is 4.36. The van der Waals surface area contributed by atoms with Crippen molar-refractivity contribution in [3.05, 3.63) is 71.3 Å². The highest BCUT2D eigenvalue weighted by Gasteiger charge is 2.19. The molecular weight excluding hydrogens is 334 g/mol. The van der Waals surface area contributed by atoms with E-state index in [0.29, 0.717) is 0 Å². The van der Waals surface area contributed by atoms with Crippen LogP contribution in [0.25, 0.3) is 0 Å². The van der Waals surface area contributed by atoms with Crippen molar-refractivity contribution in [1.29, 1.82) is 0 Å². The third-order valence-corrected chi connectivity index (χ3v) is 5.98. The predicted octanol–water partition coefficient (Wildman–Crippen LogP) is 5.55. The predicted molar refractivity (Wildman–Crippen MR) is 104 cm³/mol. The highest BCUT2D eigenvalue weighted by Crippen LogP contribution is 2.43. The van der Waals surface area contributed by atoms with Crippen LogP contribution in [0.3, 0.4) is 0 Å². The maximum atomic E-state index is 4.36. The van der Waals surface area contributed by atoms with Crippen molar-refractivity contribution >= 4 is 28.2 Å². The van der Waals surface area contributed by atoms with Gasteiger partial charge in [0.05, 0.1) is 5.25 Å². The number of hydrogen-bond acceptors (Lipinski definition) is 5. The standard InChI is InChI=1S/C19H21N3S2/c1-3-13-20-18-21-22-19(24-18)23-17(15-10-5-4-6-11-15)16-12-8-7-9-14(16)2/h4-12,17H,3,13H2,1-2H3,(H,20,21). The molecule has 0 aliphatic heterocycles. The summed E-state index contributed by atoms with van der Waals surface area (Å²) >= 11 is 3.39. The number of benzene rings is 2. The molecule has 1 atom stereocenters. The molecule has 0 saturated heterocycles. The quantitative estimate of drug-likeness (QED) is 0.564. The van der Waals surface area contributed by atoms with Crippen LogP contribution in [0.4, 0.5) is 5.13 Å². The van der Waals surface area contributed by atoms with Crippen molar-refractivity contribution in [1.82, 2.24) is 10.2 Å². The van der Waals surface area contributed by atoms with Crippen LogP contribution in [0.1, 0.15) is 35.3 Å². The van der Waals surface area contributed by atoms with E-state index in [0.717, 1.165) is 22.4 Å². The topological polar surface area (TPSA) is 37.8 Å². The maximum Gasteiger partial charge on any atom is 0.206 e. The zero-order valence-corrected chi connectivity index (χ0v) is 15.5. The first kappa shape index (κ1) is 17.0. The summed E-state index contributed by atoms with van der Waals surface area (Å²) in [5, 5.41) is 13.0. The van der Waals surface area contributed by atoms with Crippen LogP contribution < -0.4 is 5.32 Å². The van der Waals surface area contributed by atoms with Gasteiger partial charge >= 0.3 is 0 Å². The molecule has 0 radical (unpaired) electrons. The van der Waals surface area contributed by atoms with Crippen LogP contribution in [-0.4, -0.2) is 16.7 Å². The third kappa shape index (κ3) is 4.16. The molecule has 1 unspecified atom stereocenters. The molecule has 1 N–H and O–H groups in total. The highest BCUT2D eigenvalue weighted by atomic mass is 32.2. The normalized spacial score (nSPS) is 12.1. The van der Waals surface area contributed by atoms with E-state index >= 15 is 0 Å². The SMILES string of the molecule is CCCNc1nnc(SC(c2ccccc2)c2ccccc2C)s1. The van der Waals surface area contributed by atoms with E-state index in [4.69, 9.17) is 0 Å². The summed E-state index contributed by atoms with van der Waals surface area (Å²) in [7, 11) is 0. The van der Waals surface area contributed by atoms with Crippen LogP contribution in [0.5, 0.6) is 0 Å². The molecule has 5 heteroatoms. The Kier molecular flexibility index (Phi) is 5.88. The molecule has 1 heterocycles. The Labute approximate surface area is 151 Å². The third-order valence-electron chi connectivity index (χ3n) is 3.72. The second-order valence-electron chi connectivity index (χ2n) is 5.57. The van der Waals surface area contributed by atoms with Gasteiger partial charge in [-0.1, -0.05) is 84.6 Å². The van der Waals surface area contributed by atoms with E-state index in [1.165, 1.54) is 16.7 Å². The van der Waals surface area contributed by atoms with Gasteiger partial charge in [-0.3, -0.25) is 0 Å². The molecule has 0 amide bonds. The molecule has 0 spiro atoms. The lowest BCUT2D eigenvalue weighted by atomic mass is 10.0. The lowest BCUT2D eigenvalue weighted by molar-refractivity contribution is 0.950. The largest absolute Gasteiger partial charge is 0.360 e. The Morgan fingerprint density at radius 1 is 1.04 bits per heavy atom. The average molecular weight is 356 g/mol. The molecule has 0 fully saturated rings. The number of rotatable bonds is 7. The van der Waals surface area contributed by atoms with Crippen LogP contribution in [0.15, 0.2) is 58.9 Å². The summed E-state index contributed by atoms with van der Waals surface area (Å²) in [6.07, 6.45) is 1.08. The first-order chi connectivity index (χ1) is 11.8. The van der Waals surface area contributed by atoms with Crippen LogP contribution in [-0.2, 0) is 0 Å². The second-order valence-corrected chi connectivity index (χ2v) is 7.89. The number of hydrogen-bond donors (Lipinski definition) is 1. The van der Waals surface area contributed by atoms with Gasteiger partial charge in [0.2, 0.25) is 5.13 Å². The minimum Gasteiger partial charge on any atom is -0.360 e. The van der Waals surface area contributed by atoms with E-state index in [9.17, 15) is 0 Å². The van der Waals surface area contributed by atoms with E-state index in [1.54, 1.807) is 23.1 Å². The van der Waals surface area contributed by atoms with E-state index in [-0.39, 0.29) is 5.25 Å². The molecule has 0 bridgehead atoms. The second kappa shape index (κ2) is 8.31. The van der Waals surface area contributed by atoms with Crippen molar-refractivity contribution in [2.45, 2.75) is 29.9 Å². The van der Waals surface area contributed by atoms with E-state index < -0.39 is 0 Å². The molecule has 1 aromatic heterocycles. The number of thioether (sulfide) groups is 1. The fraction of sp³-hybridized carbons (Fsp3) is 0.263. The fourth-order valence-electron chi connectivity index (χ4n) is 2.48. The van der Waals surface area contributed by atoms with Gasteiger partial charge < -0.3 is 5.32 Å². The van der Waals surface area contributed by atoms with Gasteiger partial charge in [0.25, 0.3) is 0 Å². The first-order valence-corrected chi connectivity index (χ1v) is 9.82. The van der Waals surface area contributed by atoms with Crippen molar-refractivity contribution in [2.24, 2.45) is 0 Å². The number of aromatic nitrogens is 2. The van der Waals surface area contributed by atoms with Gasteiger partial charge in [0.15, 0.2) is 4.34 Å². The summed E-state index contributed by atoms with van der Waals surface area (Å²) < 4.78 is 0.991. The summed E-state index contributed by atoms with van der Waals surface area (Å²) in [4.78, 5) is 0. The molecular formula is C19H21N3S2. The Bertz CT molecular complexity index is 771. The van der Waals surface area contributed by atoms with Crippen LogP contribution in [0, 0.1) is 6.92 Å². The van der Waals surface area contributed by atoms with E-state index in [1.807, 2.05) is 0 Å². The molecule has 0 aliphatic carbocycles. The zero-order chi connectivity index (χ0) is 16.8. The van der Waals surface area contributed by atoms with E-state index in [2.05, 4.69) is 84.0 Å². The molecule has 3 rings (SSSR count). The first-order valence-electron chi connectivity index (χ1n) is 8.12. The summed E-state index contributed by atoms with van der Waals surface area (Å²) in [6, 6.07) is 19.2. The van der Waals surface area contributed by atoms with Gasteiger partial charge in [-0.25, -0.2) is 0 Å². The number of nitrogens with one attached hydrogen (secondary N) is 1. The monoisotopic (exact) mass is 355 g/mol. The van der Waals surface area contributed by atoms with Gasteiger partial charge in [-0.15, -0.1) is 10.2 Å². The number of nitrogens with zero attached hydrogens (tertiary/aromatic N) is 2. The molecule has 3 aromatic rings. The lowest BCUT2D eigenvalue weighted by Crippen LogP contribution is -1.99. The smallest absolute Gasteiger partial charge is 0.206 e. The van der Waals surface area contributed by atoms with Gasteiger partial charge in [-0.05, 0) is 30.0 Å².